The van der Waals surface area contributed by atoms with E-state index >= 15 is 0 Å². The lowest BCUT2D eigenvalue weighted by atomic mass is 9.99. The van der Waals surface area contributed by atoms with Crippen molar-refractivity contribution in [2.75, 3.05) is 19.6 Å². The van der Waals surface area contributed by atoms with E-state index in [1.54, 1.807) is 4.90 Å². The number of hydrogen-bond acceptors (Lipinski definition) is 2. The average molecular weight is 414 g/mol. The Morgan fingerprint density at radius 3 is 2.52 bits per heavy atom. The Bertz CT molecular complexity index is 871. The van der Waals surface area contributed by atoms with Gasteiger partial charge >= 0.3 is 0 Å². The fourth-order valence-corrected chi connectivity index (χ4v) is 4.80. The number of nitrogens with zero attached hydrogens (tertiary/aromatic N) is 3. The number of rotatable bonds is 5. The highest BCUT2D eigenvalue weighted by molar-refractivity contribution is 6.30. The Morgan fingerprint density at radius 1 is 1.10 bits per heavy atom. The molecule has 0 N–H and O–H groups in total. The molecule has 1 atom stereocenters. The minimum absolute atomic E-state index is 0.00518. The fraction of sp³-hybridized carbons (Fsp3) is 0.478. The van der Waals surface area contributed by atoms with Gasteiger partial charge in [0.25, 0.3) is 0 Å². The summed E-state index contributed by atoms with van der Waals surface area (Å²) in [4.78, 5) is 29.9. The van der Waals surface area contributed by atoms with Crippen LogP contribution in [-0.4, -0.2) is 45.8 Å². The first-order valence-corrected chi connectivity index (χ1v) is 10.9. The van der Waals surface area contributed by atoms with E-state index in [2.05, 4.69) is 16.8 Å². The lowest BCUT2D eigenvalue weighted by Gasteiger charge is -2.38. The summed E-state index contributed by atoms with van der Waals surface area (Å²) in [6, 6.07) is 11.6. The minimum atomic E-state index is -0.163. The average Bonchev–Trinajstić information content (AvgIpc) is 3.43. The summed E-state index contributed by atoms with van der Waals surface area (Å²) >= 11 is 6.08. The monoisotopic (exact) mass is 413 g/mol. The number of likely N-dealkylation sites (N-methyl/N-ethyl adjacent to an activating group) is 1. The van der Waals surface area contributed by atoms with Gasteiger partial charge in [-0.1, -0.05) is 36.6 Å². The molecule has 1 aliphatic heterocycles. The third-order valence-electron chi connectivity index (χ3n) is 6.27. The van der Waals surface area contributed by atoms with Crippen molar-refractivity contribution in [3.63, 3.8) is 0 Å². The molecule has 1 aliphatic carbocycles. The van der Waals surface area contributed by atoms with E-state index in [9.17, 15) is 9.59 Å². The van der Waals surface area contributed by atoms with Gasteiger partial charge in [0, 0.05) is 42.5 Å². The molecule has 0 bridgehead atoms. The van der Waals surface area contributed by atoms with Gasteiger partial charge in [0.2, 0.25) is 11.8 Å². The summed E-state index contributed by atoms with van der Waals surface area (Å²) in [5.41, 5.74) is 2.13. The lowest BCUT2D eigenvalue weighted by Crippen LogP contribution is -2.48. The second kappa shape index (κ2) is 8.62. The van der Waals surface area contributed by atoms with Crippen LogP contribution in [0, 0.1) is 5.92 Å². The predicted molar refractivity (Wildman–Crippen MR) is 114 cm³/mol. The fourth-order valence-electron chi connectivity index (χ4n) is 4.68. The van der Waals surface area contributed by atoms with Gasteiger partial charge in [-0.15, -0.1) is 0 Å². The van der Waals surface area contributed by atoms with Crippen LogP contribution in [0.15, 0.2) is 42.6 Å². The number of carbonyl (C=O) groups excluding carboxylic acids is 2. The minimum Gasteiger partial charge on any atom is -0.348 e. The first-order chi connectivity index (χ1) is 14.1. The summed E-state index contributed by atoms with van der Waals surface area (Å²) in [7, 11) is 0. The number of fused-ring (bicyclic) bond motifs is 1. The Morgan fingerprint density at radius 2 is 1.83 bits per heavy atom. The maximum Gasteiger partial charge on any atom is 0.243 e. The van der Waals surface area contributed by atoms with Crippen molar-refractivity contribution in [2.24, 2.45) is 5.92 Å². The van der Waals surface area contributed by atoms with Gasteiger partial charge in [-0.25, -0.2) is 0 Å². The van der Waals surface area contributed by atoms with Crippen molar-refractivity contribution in [1.29, 1.82) is 0 Å². The summed E-state index contributed by atoms with van der Waals surface area (Å²) in [5, 5.41) is 0.678. The van der Waals surface area contributed by atoms with Gasteiger partial charge in [-0.2, -0.15) is 0 Å². The molecule has 29 heavy (non-hydrogen) atoms. The van der Waals surface area contributed by atoms with Crippen LogP contribution in [0.3, 0.4) is 0 Å². The van der Waals surface area contributed by atoms with E-state index in [4.69, 9.17) is 11.6 Å². The number of halogens is 1. The number of hydrogen-bond donors (Lipinski definition) is 0. The van der Waals surface area contributed by atoms with Gasteiger partial charge in [0.1, 0.15) is 0 Å². The van der Waals surface area contributed by atoms with E-state index in [0.29, 0.717) is 18.1 Å². The van der Waals surface area contributed by atoms with Gasteiger partial charge < -0.3 is 14.4 Å². The van der Waals surface area contributed by atoms with Gasteiger partial charge in [-0.3, -0.25) is 9.59 Å². The molecule has 1 unspecified atom stereocenters. The molecule has 2 heterocycles. The Balaban J connectivity index is 1.57. The summed E-state index contributed by atoms with van der Waals surface area (Å²) in [6.45, 7) is 4.07. The molecule has 1 fully saturated rings. The second-order valence-corrected chi connectivity index (χ2v) is 8.44. The van der Waals surface area contributed by atoms with Gasteiger partial charge in [-0.05, 0) is 49.6 Å². The van der Waals surface area contributed by atoms with E-state index < -0.39 is 0 Å². The number of benzene rings is 1. The molecule has 2 aliphatic rings. The molecule has 5 nitrogen and oxygen atoms in total. The molecule has 6 heteroatoms. The normalized spacial score (nSPS) is 19.2. The highest BCUT2D eigenvalue weighted by Gasteiger charge is 2.34. The van der Waals surface area contributed by atoms with E-state index in [1.807, 2.05) is 42.2 Å². The topological polar surface area (TPSA) is 45.6 Å². The maximum absolute atomic E-state index is 13.4. The van der Waals surface area contributed by atoms with E-state index in [1.165, 1.54) is 0 Å². The number of aromatic nitrogens is 1. The van der Waals surface area contributed by atoms with Gasteiger partial charge in [0.05, 0.1) is 12.6 Å². The molecule has 0 spiro atoms. The predicted octanol–water partition coefficient (Wildman–Crippen LogP) is 4.11. The van der Waals surface area contributed by atoms with Crippen LogP contribution < -0.4 is 0 Å². The summed E-state index contributed by atoms with van der Waals surface area (Å²) in [6.07, 6.45) is 6.19. The zero-order chi connectivity index (χ0) is 20.4. The zero-order valence-electron chi connectivity index (χ0n) is 16.9. The largest absolute Gasteiger partial charge is 0.348 e. The van der Waals surface area contributed by atoms with Crippen LogP contribution in [-0.2, 0) is 16.1 Å². The molecule has 2 aromatic rings. The first kappa shape index (κ1) is 20.0. The number of carbonyl (C=O) groups is 2. The standard InChI is InChI=1S/C23H28ClN3O2/c1-2-25(23(29)18-6-3-4-7-18)16-21(28)27-15-14-26-13-5-8-20(26)22(27)17-9-11-19(24)12-10-17/h5,8-13,18,22H,2-4,6-7,14-16H2,1H3. The Kier molecular flexibility index (Phi) is 5.95. The highest BCUT2D eigenvalue weighted by Crippen LogP contribution is 2.33. The zero-order valence-corrected chi connectivity index (χ0v) is 17.6. The van der Waals surface area contributed by atoms with Crippen LogP contribution >= 0.6 is 11.6 Å². The van der Waals surface area contributed by atoms with Crippen molar-refractivity contribution >= 4 is 23.4 Å². The van der Waals surface area contributed by atoms with E-state index in [0.717, 1.165) is 43.5 Å². The van der Waals surface area contributed by atoms with Crippen molar-refractivity contribution in [3.8, 4) is 0 Å². The molecule has 1 saturated carbocycles. The molecule has 4 rings (SSSR count). The van der Waals surface area contributed by atoms with Crippen LogP contribution in [0.25, 0.3) is 0 Å². The third-order valence-corrected chi connectivity index (χ3v) is 6.52. The molecule has 0 saturated heterocycles. The van der Waals surface area contributed by atoms with Crippen molar-refractivity contribution < 1.29 is 9.59 Å². The Hall–Kier alpha value is -2.27. The molecule has 2 amide bonds. The lowest BCUT2D eigenvalue weighted by molar-refractivity contribution is -0.144. The molecule has 0 radical (unpaired) electrons. The van der Waals surface area contributed by atoms with Crippen molar-refractivity contribution in [2.45, 2.75) is 45.2 Å². The van der Waals surface area contributed by atoms with Crippen molar-refractivity contribution in [1.82, 2.24) is 14.4 Å². The van der Waals surface area contributed by atoms with Gasteiger partial charge in [0.15, 0.2) is 0 Å². The van der Waals surface area contributed by atoms with Crippen molar-refractivity contribution in [3.05, 3.63) is 58.9 Å². The maximum atomic E-state index is 13.4. The van der Waals surface area contributed by atoms with E-state index in [-0.39, 0.29) is 30.3 Å². The van der Waals surface area contributed by atoms with Crippen LogP contribution in [0.1, 0.15) is 49.9 Å². The second-order valence-electron chi connectivity index (χ2n) is 8.00. The molecular formula is C23H28ClN3O2. The molecular weight excluding hydrogens is 386 g/mol. The smallest absolute Gasteiger partial charge is 0.243 e. The number of amides is 2. The SMILES string of the molecule is CCN(CC(=O)N1CCn2cccc2C1c1ccc(Cl)cc1)C(=O)C1CCCC1. The Labute approximate surface area is 177 Å². The third kappa shape index (κ3) is 4.06. The van der Waals surface area contributed by atoms with Crippen LogP contribution in [0.5, 0.6) is 0 Å². The molecule has 1 aromatic heterocycles. The summed E-state index contributed by atoms with van der Waals surface area (Å²) in [5.74, 6) is 0.237. The van der Waals surface area contributed by atoms with Crippen LogP contribution in [0.4, 0.5) is 0 Å². The molecule has 1 aromatic carbocycles. The van der Waals surface area contributed by atoms with Crippen LogP contribution in [0.2, 0.25) is 5.02 Å². The molecule has 154 valence electrons. The quantitative estimate of drug-likeness (QED) is 0.740. The highest BCUT2D eigenvalue weighted by atomic mass is 35.5. The first-order valence-electron chi connectivity index (χ1n) is 10.6. The summed E-state index contributed by atoms with van der Waals surface area (Å²) < 4.78 is 2.20.